The Labute approximate surface area is 116 Å². The predicted octanol–water partition coefficient (Wildman–Crippen LogP) is 1.89. The molecule has 0 spiro atoms. The van der Waals surface area contributed by atoms with Crippen LogP contribution in [0.3, 0.4) is 0 Å². The molecule has 1 heterocycles. The van der Waals surface area contributed by atoms with Crippen LogP contribution in [0.25, 0.3) is 0 Å². The van der Waals surface area contributed by atoms with E-state index >= 15 is 0 Å². The van der Waals surface area contributed by atoms with E-state index in [0.29, 0.717) is 11.6 Å². The van der Waals surface area contributed by atoms with Crippen molar-refractivity contribution < 1.29 is 13.2 Å². The number of alkyl halides is 3. The summed E-state index contributed by atoms with van der Waals surface area (Å²) in [6, 6.07) is 0. The second-order valence-electron chi connectivity index (χ2n) is 5.37. The number of nitrogens with one attached hydrogen (secondary N) is 2. The van der Waals surface area contributed by atoms with Crippen molar-refractivity contribution in [3.63, 3.8) is 0 Å². The van der Waals surface area contributed by atoms with E-state index in [1.165, 1.54) is 0 Å². The SMILES string of the molecule is C=N/C(=C\N=C(/C)CNC1(C(F)(F)F)CC1)C1CNC1. The number of hydrogen-bond donors (Lipinski definition) is 2. The summed E-state index contributed by atoms with van der Waals surface area (Å²) in [5, 5.41) is 5.68. The van der Waals surface area contributed by atoms with Crippen molar-refractivity contribution in [2.45, 2.75) is 31.5 Å². The molecule has 0 bridgehead atoms. The molecule has 0 unspecified atom stereocenters. The number of nitrogens with zero attached hydrogens (tertiary/aromatic N) is 2. The van der Waals surface area contributed by atoms with Crippen molar-refractivity contribution in [2.75, 3.05) is 19.6 Å². The predicted molar refractivity (Wildman–Crippen MR) is 73.1 cm³/mol. The van der Waals surface area contributed by atoms with E-state index in [-0.39, 0.29) is 19.4 Å². The Bertz CT molecular complexity index is 431. The van der Waals surface area contributed by atoms with Crippen molar-refractivity contribution in [2.24, 2.45) is 15.9 Å². The number of rotatable bonds is 6. The first-order valence-corrected chi connectivity index (χ1v) is 6.60. The average Bonchev–Trinajstić information content (AvgIpc) is 3.09. The maximum Gasteiger partial charge on any atom is 0.406 e. The lowest BCUT2D eigenvalue weighted by Gasteiger charge is -2.26. The van der Waals surface area contributed by atoms with Gasteiger partial charge in [0.1, 0.15) is 5.54 Å². The zero-order valence-electron chi connectivity index (χ0n) is 11.4. The minimum absolute atomic E-state index is 0.128. The van der Waals surface area contributed by atoms with Crippen LogP contribution >= 0.6 is 0 Å². The first-order chi connectivity index (χ1) is 9.38. The van der Waals surface area contributed by atoms with Crippen LogP contribution in [0, 0.1) is 5.92 Å². The van der Waals surface area contributed by atoms with Crippen molar-refractivity contribution in [1.29, 1.82) is 0 Å². The molecule has 1 aliphatic carbocycles. The van der Waals surface area contributed by atoms with Crippen LogP contribution < -0.4 is 10.6 Å². The molecule has 0 radical (unpaired) electrons. The summed E-state index contributed by atoms with van der Waals surface area (Å²) in [6.45, 7) is 7.01. The third kappa shape index (κ3) is 3.27. The van der Waals surface area contributed by atoms with Crippen LogP contribution in [0.1, 0.15) is 19.8 Å². The summed E-state index contributed by atoms with van der Waals surface area (Å²) >= 11 is 0. The maximum atomic E-state index is 12.7. The quantitative estimate of drug-likeness (QED) is 0.733. The van der Waals surface area contributed by atoms with Gasteiger partial charge in [-0.25, -0.2) is 0 Å². The molecule has 0 atom stereocenters. The average molecular weight is 288 g/mol. The second kappa shape index (κ2) is 5.65. The monoisotopic (exact) mass is 288 g/mol. The van der Waals surface area contributed by atoms with Crippen LogP contribution in [0.15, 0.2) is 21.9 Å². The fourth-order valence-electron chi connectivity index (χ4n) is 1.98. The van der Waals surface area contributed by atoms with E-state index in [2.05, 4.69) is 27.3 Å². The van der Waals surface area contributed by atoms with E-state index in [0.717, 1.165) is 18.8 Å². The topological polar surface area (TPSA) is 48.8 Å². The smallest absolute Gasteiger partial charge is 0.315 e. The molecule has 4 nitrogen and oxygen atoms in total. The molecule has 1 saturated heterocycles. The summed E-state index contributed by atoms with van der Waals surface area (Å²) in [5.41, 5.74) is -0.306. The Hall–Kier alpha value is -1.21. The standard InChI is InChI=1S/C13H19F3N4/c1-9(5-20-12(3-4-12)13(14,15)16)19-8-11(17-2)10-6-18-7-10/h8,10,18,20H,2-7H2,1H3/b11-8-,19-9+. The third-order valence-corrected chi connectivity index (χ3v) is 3.77. The Balaban J connectivity index is 1.88. The van der Waals surface area contributed by atoms with Crippen molar-refractivity contribution in [1.82, 2.24) is 10.6 Å². The molecule has 0 aromatic rings. The largest absolute Gasteiger partial charge is 0.406 e. The van der Waals surface area contributed by atoms with Crippen LogP contribution in [0.2, 0.25) is 0 Å². The fourth-order valence-corrected chi connectivity index (χ4v) is 1.98. The van der Waals surface area contributed by atoms with Gasteiger partial charge in [0.15, 0.2) is 0 Å². The molecule has 1 aliphatic heterocycles. The van der Waals surface area contributed by atoms with Gasteiger partial charge >= 0.3 is 6.18 Å². The molecular formula is C13H19F3N4. The zero-order chi connectivity index (χ0) is 14.8. The summed E-state index contributed by atoms with van der Waals surface area (Å²) in [6.07, 6.45) is -2.29. The minimum Gasteiger partial charge on any atom is -0.315 e. The van der Waals surface area contributed by atoms with Crippen LogP contribution in [0.4, 0.5) is 13.2 Å². The summed E-state index contributed by atoms with van der Waals surface area (Å²) in [7, 11) is 0. The lowest BCUT2D eigenvalue weighted by atomic mass is 10.0. The highest BCUT2D eigenvalue weighted by Gasteiger charge is 2.62. The van der Waals surface area contributed by atoms with Crippen molar-refractivity contribution >= 4 is 12.4 Å². The molecule has 2 fully saturated rings. The van der Waals surface area contributed by atoms with Gasteiger partial charge in [-0.3, -0.25) is 15.3 Å². The Morgan fingerprint density at radius 2 is 2.10 bits per heavy atom. The molecule has 0 aromatic carbocycles. The Morgan fingerprint density at radius 3 is 2.50 bits per heavy atom. The van der Waals surface area contributed by atoms with E-state index < -0.39 is 11.7 Å². The molecule has 20 heavy (non-hydrogen) atoms. The molecule has 0 aromatic heterocycles. The molecule has 7 heteroatoms. The number of aliphatic imine (C=N–C) groups is 2. The summed E-state index contributed by atoms with van der Waals surface area (Å²) < 4.78 is 38.2. The Morgan fingerprint density at radius 1 is 1.45 bits per heavy atom. The van der Waals surface area contributed by atoms with Gasteiger partial charge in [-0.2, -0.15) is 13.2 Å². The normalized spacial score (nSPS) is 23.4. The minimum atomic E-state index is -4.19. The highest BCUT2D eigenvalue weighted by molar-refractivity contribution is 5.84. The highest BCUT2D eigenvalue weighted by Crippen LogP contribution is 2.48. The molecular weight excluding hydrogens is 269 g/mol. The fraction of sp³-hybridized carbons (Fsp3) is 0.692. The zero-order valence-corrected chi connectivity index (χ0v) is 11.4. The van der Waals surface area contributed by atoms with Crippen LogP contribution in [0.5, 0.6) is 0 Å². The first-order valence-electron chi connectivity index (χ1n) is 6.60. The second-order valence-corrected chi connectivity index (χ2v) is 5.37. The Kier molecular flexibility index (Phi) is 4.29. The van der Waals surface area contributed by atoms with E-state index in [4.69, 9.17) is 0 Å². The first kappa shape index (κ1) is 15.2. The molecule has 0 amide bonds. The van der Waals surface area contributed by atoms with E-state index in [9.17, 15) is 13.2 Å². The summed E-state index contributed by atoms with van der Waals surface area (Å²) in [4.78, 5) is 8.08. The van der Waals surface area contributed by atoms with Gasteiger partial charge in [-0.05, 0) is 26.5 Å². The van der Waals surface area contributed by atoms with Gasteiger partial charge in [0.2, 0.25) is 0 Å². The van der Waals surface area contributed by atoms with Crippen molar-refractivity contribution in [3.05, 3.63) is 11.9 Å². The third-order valence-electron chi connectivity index (χ3n) is 3.77. The van der Waals surface area contributed by atoms with Gasteiger partial charge in [0, 0.05) is 37.5 Å². The van der Waals surface area contributed by atoms with Crippen LogP contribution in [-0.4, -0.2) is 43.8 Å². The molecule has 2 aliphatic rings. The maximum absolute atomic E-state index is 12.7. The molecule has 2 rings (SSSR count). The van der Waals surface area contributed by atoms with E-state index in [1.54, 1.807) is 13.1 Å². The van der Waals surface area contributed by atoms with Crippen LogP contribution in [-0.2, 0) is 0 Å². The van der Waals surface area contributed by atoms with Crippen molar-refractivity contribution in [3.8, 4) is 0 Å². The van der Waals surface area contributed by atoms with Gasteiger partial charge in [-0.1, -0.05) is 0 Å². The van der Waals surface area contributed by atoms with E-state index in [1.807, 2.05) is 0 Å². The molecule has 112 valence electrons. The van der Waals surface area contributed by atoms with Gasteiger partial charge < -0.3 is 5.32 Å². The molecule has 2 N–H and O–H groups in total. The highest BCUT2D eigenvalue weighted by atomic mass is 19.4. The summed E-state index contributed by atoms with van der Waals surface area (Å²) in [5.74, 6) is 0.307. The molecule has 1 saturated carbocycles. The van der Waals surface area contributed by atoms with Gasteiger partial charge in [-0.15, -0.1) is 0 Å². The lowest BCUT2D eigenvalue weighted by molar-refractivity contribution is -0.164. The number of hydrogen-bond acceptors (Lipinski definition) is 4. The lowest BCUT2D eigenvalue weighted by Crippen LogP contribution is -2.46. The number of halogens is 3. The van der Waals surface area contributed by atoms with Gasteiger partial charge in [0.25, 0.3) is 0 Å². The van der Waals surface area contributed by atoms with Gasteiger partial charge in [0.05, 0.1) is 5.70 Å².